The van der Waals surface area contributed by atoms with Crippen molar-refractivity contribution < 1.29 is 67.4 Å². The number of ether oxygens (including phenoxy) is 1. The molecule has 0 fully saturated rings. The molecule has 0 aliphatic carbocycles. The van der Waals surface area contributed by atoms with Crippen molar-refractivity contribution in [3.05, 3.63) is 29.3 Å². The molecule has 1 rings (SSSR count). The van der Waals surface area contributed by atoms with Gasteiger partial charge < -0.3 is 11.3 Å². The molecule has 0 bridgehead atoms. The Kier molecular flexibility index (Phi) is 6.40. The molecule has 0 unspecified atom stereocenters. The van der Waals surface area contributed by atoms with Crippen LogP contribution >= 0.6 is 11.6 Å². The van der Waals surface area contributed by atoms with Crippen molar-refractivity contribution in [2.75, 3.05) is 0 Å². The minimum atomic E-state index is -1.23. The molecule has 0 amide bonds. The van der Waals surface area contributed by atoms with E-state index in [9.17, 15) is 4.79 Å². The van der Waals surface area contributed by atoms with Crippen molar-refractivity contribution in [1.82, 2.24) is 0 Å². The van der Waals surface area contributed by atoms with Gasteiger partial charge in [-0.25, -0.2) is 4.79 Å². The number of halogens is 1. The Hall–Kier alpha value is 0.416. The third-order valence-corrected chi connectivity index (χ3v) is 1.95. The minimum absolute atomic E-state index is 0. The van der Waals surface area contributed by atoms with Gasteiger partial charge in [0.15, 0.2) is 5.60 Å². The second kappa shape index (κ2) is 6.23. The van der Waals surface area contributed by atoms with Gasteiger partial charge in [-0.1, -0.05) is 11.6 Å². The molecule has 0 saturated heterocycles. The van der Waals surface area contributed by atoms with Gasteiger partial charge in [0.05, 0.1) is 0 Å². The van der Waals surface area contributed by atoms with Crippen molar-refractivity contribution in [3.63, 3.8) is 0 Å². The van der Waals surface area contributed by atoms with Crippen molar-refractivity contribution >= 4 is 17.6 Å². The van der Waals surface area contributed by atoms with Crippen LogP contribution in [0.3, 0.4) is 0 Å². The number of carbonyl (C=O) groups is 1. The molecule has 0 heterocycles. The first-order valence-electron chi connectivity index (χ1n) is 4.10. The summed E-state index contributed by atoms with van der Waals surface area (Å²) in [5.74, 6) is -0.519. The zero-order valence-corrected chi connectivity index (χ0v) is 12.8. The molecule has 0 saturated carbocycles. The average Bonchev–Trinajstić information content (AvgIpc) is 2.08. The molecule has 0 aliphatic rings. The Bertz CT molecular complexity index is 340. The molecule has 1 aromatic carbocycles. The van der Waals surface area contributed by atoms with E-state index in [0.717, 1.165) is 0 Å². The van der Waals surface area contributed by atoms with Crippen LogP contribution in [0.25, 0.3) is 0 Å². The summed E-state index contributed by atoms with van der Waals surface area (Å²) in [7, 11) is 0. The molecule has 3 nitrogen and oxygen atoms in total. The van der Waals surface area contributed by atoms with E-state index in [1.807, 2.05) is 0 Å². The van der Waals surface area contributed by atoms with E-state index in [1.54, 1.807) is 24.3 Å². The maximum atomic E-state index is 10.7. The van der Waals surface area contributed by atoms with Crippen molar-refractivity contribution in [2.45, 2.75) is 19.4 Å². The number of benzene rings is 1. The van der Waals surface area contributed by atoms with Gasteiger partial charge >= 0.3 is 57.4 Å². The first kappa shape index (κ1) is 15.4. The summed E-state index contributed by atoms with van der Waals surface area (Å²) >= 11 is 5.67. The van der Waals surface area contributed by atoms with Crippen LogP contribution in [-0.2, 0) is 4.79 Å². The van der Waals surface area contributed by atoms with E-state index in [4.69, 9.17) is 21.4 Å². The number of aliphatic carboxylic acids is 1. The van der Waals surface area contributed by atoms with Crippen LogP contribution in [0.2, 0.25) is 5.02 Å². The molecule has 1 aromatic rings. The van der Waals surface area contributed by atoms with Crippen LogP contribution in [-0.4, -0.2) is 16.7 Å². The Morgan fingerprint density at radius 2 is 1.87 bits per heavy atom. The number of hydrogen-bond acceptors (Lipinski definition) is 2. The molecule has 1 N–H and O–H groups in total. The van der Waals surface area contributed by atoms with E-state index in [-0.39, 0.29) is 52.8 Å². The minimum Gasteiger partial charge on any atom is -1.00 e. The standard InChI is InChI=1S/C10H11ClO3.K.H/c1-10(2,9(12)13)14-8-5-3-7(11)4-6-8;;/h3-6H,1-2H3,(H,12,13);;/q;+1;-1. The van der Waals surface area contributed by atoms with E-state index < -0.39 is 11.6 Å². The molecular weight excluding hydrogens is 243 g/mol. The summed E-state index contributed by atoms with van der Waals surface area (Å²) < 4.78 is 5.26. The predicted molar refractivity (Wildman–Crippen MR) is 54.9 cm³/mol. The van der Waals surface area contributed by atoms with E-state index in [1.165, 1.54) is 13.8 Å². The molecule has 0 atom stereocenters. The van der Waals surface area contributed by atoms with Gasteiger partial charge in [-0.15, -0.1) is 0 Å². The van der Waals surface area contributed by atoms with Gasteiger partial charge in [-0.2, -0.15) is 0 Å². The van der Waals surface area contributed by atoms with Crippen molar-refractivity contribution in [2.24, 2.45) is 0 Å². The fourth-order valence-electron chi connectivity index (χ4n) is 0.841. The molecule has 5 heteroatoms. The molecule has 0 aromatic heterocycles. The maximum Gasteiger partial charge on any atom is 1.00 e. The molecule has 0 radical (unpaired) electrons. The molecule has 15 heavy (non-hydrogen) atoms. The van der Waals surface area contributed by atoms with Gasteiger partial charge in [0.1, 0.15) is 5.75 Å². The van der Waals surface area contributed by atoms with Crippen LogP contribution in [0.5, 0.6) is 5.75 Å². The molecule has 78 valence electrons. The third-order valence-electron chi connectivity index (χ3n) is 1.70. The monoisotopic (exact) mass is 254 g/mol. The summed E-state index contributed by atoms with van der Waals surface area (Å²) in [6.07, 6.45) is 0. The van der Waals surface area contributed by atoms with Crippen molar-refractivity contribution in [1.29, 1.82) is 0 Å². The number of carboxylic acid groups (broad SMARTS) is 1. The smallest absolute Gasteiger partial charge is 1.00 e. The first-order valence-corrected chi connectivity index (χ1v) is 4.47. The van der Waals surface area contributed by atoms with Gasteiger partial charge in [0.25, 0.3) is 0 Å². The van der Waals surface area contributed by atoms with Crippen molar-refractivity contribution in [3.8, 4) is 5.75 Å². The second-order valence-corrected chi connectivity index (χ2v) is 3.81. The van der Waals surface area contributed by atoms with Gasteiger partial charge in [-0.3, -0.25) is 0 Å². The van der Waals surface area contributed by atoms with E-state index in [2.05, 4.69) is 0 Å². The summed E-state index contributed by atoms with van der Waals surface area (Å²) in [6, 6.07) is 6.56. The topological polar surface area (TPSA) is 46.5 Å². The number of hydrogen-bond donors (Lipinski definition) is 1. The Balaban J connectivity index is 0. The summed E-state index contributed by atoms with van der Waals surface area (Å²) in [6.45, 7) is 2.98. The van der Waals surface area contributed by atoms with E-state index >= 15 is 0 Å². The fourth-order valence-corrected chi connectivity index (χ4v) is 0.967. The SMILES string of the molecule is CC(C)(Oc1ccc(Cl)cc1)C(=O)O.[H-].[K+]. The maximum absolute atomic E-state index is 10.7. The van der Waals surface area contributed by atoms with Gasteiger partial charge in [0.2, 0.25) is 0 Å². The summed E-state index contributed by atoms with van der Waals surface area (Å²) in [4.78, 5) is 10.7. The van der Waals surface area contributed by atoms with Crippen LogP contribution in [0, 0.1) is 0 Å². The summed E-state index contributed by atoms with van der Waals surface area (Å²) in [5.41, 5.74) is -1.23. The van der Waals surface area contributed by atoms with Gasteiger partial charge in [-0.05, 0) is 38.1 Å². The van der Waals surface area contributed by atoms with Crippen LogP contribution < -0.4 is 56.1 Å². The Morgan fingerprint density at radius 3 is 2.27 bits per heavy atom. The molecular formula is C10H12ClKO3. The largest absolute Gasteiger partial charge is 1.00 e. The number of carboxylic acids is 1. The zero-order chi connectivity index (χ0) is 10.8. The Morgan fingerprint density at radius 1 is 1.40 bits per heavy atom. The van der Waals surface area contributed by atoms with E-state index in [0.29, 0.717) is 10.8 Å². The fraction of sp³-hybridized carbons (Fsp3) is 0.300. The number of rotatable bonds is 3. The quantitative estimate of drug-likeness (QED) is 0.754. The Labute approximate surface area is 138 Å². The second-order valence-electron chi connectivity index (χ2n) is 3.37. The third kappa shape index (κ3) is 4.85. The van der Waals surface area contributed by atoms with Crippen LogP contribution in [0.1, 0.15) is 15.3 Å². The normalized spacial score (nSPS) is 10.3. The first-order chi connectivity index (χ1) is 6.42. The zero-order valence-electron chi connectivity index (χ0n) is 9.95. The van der Waals surface area contributed by atoms with Crippen LogP contribution in [0.15, 0.2) is 24.3 Å². The average molecular weight is 255 g/mol. The molecule has 0 aliphatic heterocycles. The van der Waals surface area contributed by atoms with Gasteiger partial charge in [0, 0.05) is 5.02 Å². The summed E-state index contributed by atoms with van der Waals surface area (Å²) in [5, 5.41) is 9.39. The predicted octanol–water partition coefficient (Wildman–Crippen LogP) is -0.302. The van der Waals surface area contributed by atoms with Crippen LogP contribution in [0.4, 0.5) is 0 Å². The molecule has 0 spiro atoms.